The van der Waals surface area contributed by atoms with E-state index in [1.807, 2.05) is 32.0 Å². The molecule has 1 aromatic carbocycles. The Hall–Kier alpha value is -1.31. The molecular formula is C14H20O2. The molecular weight excluding hydrogens is 200 g/mol. The Morgan fingerprint density at radius 1 is 1.25 bits per heavy atom. The lowest BCUT2D eigenvalue weighted by Gasteiger charge is -2.23. The number of benzene rings is 1. The van der Waals surface area contributed by atoms with Crippen LogP contribution in [-0.2, 0) is 9.53 Å². The fraction of sp³-hybridized carbons (Fsp3) is 0.500. The van der Waals surface area contributed by atoms with Gasteiger partial charge in [0.15, 0.2) is 0 Å². The van der Waals surface area contributed by atoms with Crippen molar-refractivity contribution in [3.63, 3.8) is 0 Å². The van der Waals surface area contributed by atoms with Crippen LogP contribution in [0.4, 0.5) is 0 Å². The molecule has 0 aliphatic heterocycles. The predicted octanol–water partition coefficient (Wildman–Crippen LogP) is 3.52. The molecule has 0 aromatic heterocycles. The molecule has 0 spiro atoms. The monoisotopic (exact) mass is 220 g/mol. The van der Waals surface area contributed by atoms with E-state index in [4.69, 9.17) is 4.74 Å². The molecule has 88 valence electrons. The number of ether oxygens (including phenoxy) is 1. The van der Waals surface area contributed by atoms with Gasteiger partial charge in [0.1, 0.15) is 6.10 Å². The van der Waals surface area contributed by atoms with Crippen molar-refractivity contribution in [2.45, 2.75) is 45.6 Å². The van der Waals surface area contributed by atoms with Gasteiger partial charge in [-0.3, -0.25) is 4.79 Å². The minimum absolute atomic E-state index is 0.0557. The molecule has 0 radical (unpaired) electrons. The molecule has 1 rings (SSSR count). The number of esters is 1. The molecule has 1 aromatic rings. The summed E-state index contributed by atoms with van der Waals surface area (Å²) in [6.45, 7) is 5.90. The van der Waals surface area contributed by atoms with Crippen LogP contribution >= 0.6 is 0 Å². The molecule has 0 fully saturated rings. The highest BCUT2D eigenvalue weighted by molar-refractivity contribution is 5.69. The van der Waals surface area contributed by atoms with Gasteiger partial charge < -0.3 is 4.74 Å². The van der Waals surface area contributed by atoms with Crippen molar-refractivity contribution in [1.29, 1.82) is 0 Å². The highest BCUT2D eigenvalue weighted by Crippen LogP contribution is 2.25. The number of rotatable bonds is 5. The number of hydrogen-bond acceptors (Lipinski definition) is 2. The highest BCUT2D eigenvalue weighted by atomic mass is 16.5. The van der Waals surface area contributed by atoms with Gasteiger partial charge in [0.2, 0.25) is 0 Å². The predicted molar refractivity (Wildman–Crippen MR) is 65.3 cm³/mol. The summed E-state index contributed by atoms with van der Waals surface area (Å²) in [5.41, 5.74) is 1.24. The summed E-state index contributed by atoms with van der Waals surface area (Å²) in [6, 6.07) is 10.2. The van der Waals surface area contributed by atoms with Crippen LogP contribution in [0.2, 0.25) is 0 Å². The smallest absolute Gasteiger partial charge is 0.305 e. The number of carbonyl (C=O) groups is 1. The van der Waals surface area contributed by atoms with Crippen LogP contribution in [0, 0.1) is 0 Å². The van der Waals surface area contributed by atoms with E-state index in [9.17, 15) is 4.79 Å². The van der Waals surface area contributed by atoms with Crippen LogP contribution in [0.5, 0.6) is 0 Å². The second-order valence-electron chi connectivity index (χ2n) is 3.97. The second-order valence-corrected chi connectivity index (χ2v) is 3.97. The van der Waals surface area contributed by atoms with E-state index in [1.165, 1.54) is 5.56 Å². The van der Waals surface area contributed by atoms with Crippen molar-refractivity contribution < 1.29 is 9.53 Å². The third kappa shape index (κ3) is 3.37. The first-order chi connectivity index (χ1) is 7.69. The third-order valence-corrected chi connectivity index (χ3v) is 2.84. The summed E-state index contributed by atoms with van der Waals surface area (Å²) < 4.78 is 5.37. The lowest BCUT2D eigenvalue weighted by atomic mass is 9.92. The SMILES string of the molecule is CCC(=O)OC(C)C(CC)c1ccccc1. The molecule has 0 aliphatic carbocycles. The van der Waals surface area contributed by atoms with Gasteiger partial charge >= 0.3 is 5.97 Å². The average Bonchev–Trinajstić information content (AvgIpc) is 2.31. The largest absolute Gasteiger partial charge is 0.462 e. The lowest BCUT2D eigenvalue weighted by molar-refractivity contribution is -0.148. The molecule has 0 saturated heterocycles. The van der Waals surface area contributed by atoms with Crippen molar-refractivity contribution in [3.05, 3.63) is 35.9 Å². The maximum absolute atomic E-state index is 11.3. The molecule has 2 heteroatoms. The van der Waals surface area contributed by atoms with Crippen molar-refractivity contribution in [2.24, 2.45) is 0 Å². The maximum Gasteiger partial charge on any atom is 0.305 e. The van der Waals surface area contributed by atoms with Gasteiger partial charge in [0, 0.05) is 12.3 Å². The molecule has 0 N–H and O–H groups in total. The first kappa shape index (κ1) is 12.8. The molecule has 0 saturated carbocycles. The minimum atomic E-state index is -0.123. The van der Waals surface area contributed by atoms with E-state index in [1.54, 1.807) is 0 Å². The molecule has 2 nitrogen and oxygen atoms in total. The number of carbonyl (C=O) groups excluding carboxylic acids is 1. The van der Waals surface area contributed by atoms with Crippen molar-refractivity contribution >= 4 is 5.97 Å². The van der Waals surface area contributed by atoms with Crippen molar-refractivity contribution in [2.75, 3.05) is 0 Å². The van der Waals surface area contributed by atoms with Gasteiger partial charge in [0.05, 0.1) is 0 Å². The topological polar surface area (TPSA) is 26.3 Å². The summed E-state index contributed by atoms with van der Waals surface area (Å²) in [5, 5.41) is 0. The molecule has 0 heterocycles. The molecule has 2 unspecified atom stereocenters. The Kier molecular flexibility index (Phi) is 5.03. The zero-order valence-electron chi connectivity index (χ0n) is 10.3. The van der Waals surface area contributed by atoms with Crippen LogP contribution in [-0.4, -0.2) is 12.1 Å². The standard InChI is InChI=1S/C14H20O2/c1-4-13(11(3)16-14(15)5-2)12-9-7-6-8-10-12/h6-11,13H,4-5H2,1-3H3. The Morgan fingerprint density at radius 2 is 1.88 bits per heavy atom. The molecule has 0 aliphatic rings. The zero-order chi connectivity index (χ0) is 12.0. The minimum Gasteiger partial charge on any atom is -0.462 e. The summed E-state index contributed by atoms with van der Waals surface area (Å²) in [4.78, 5) is 11.3. The fourth-order valence-corrected chi connectivity index (χ4v) is 1.91. The summed E-state index contributed by atoms with van der Waals surface area (Å²) in [7, 11) is 0. The second kappa shape index (κ2) is 6.31. The van der Waals surface area contributed by atoms with Crippen LogP contribution < -0.4 is 0 Å². The van der Waals surface area contributed by atoms with Crippen LogP contribution in [0.25, 0.3) is 0 Å². The van der Waals surface area contributed by atoms with E-state index in [0.29, 0.717) is 6.42 Å². The zero-order valence-corrected chi connectivity index (χ0v) is 10.3. The van der Waals surface area contributed by atoms with E-state index in [2.05, 4.69) is 19.1 Å². The Labute approximate surface area is 97.6 Å². The quantitative estimate of drug-likeness (QED) is 0.710. The molecule has 16 heavy (non-hydrogen) atoms. The van der Waals surface area contributed by atoms with E-state index < -0.39 is 0 Å². The van der Waals surface area contributed by atoms with Gasteiger partial charge in [-0.15, -0.1) is 0 Å². The van der Waals surface area contributed by atoms with Gasteiger partial charge in [-0.2, -0.15) is 0 Å². The first-order valence-electron chi connectivity index (χ1n) is 5.93. The first-order valence-corrected chi connectivity index (χ1v) is 5.93. The summed E-state index contributed by atoms with van der Waals surface area (Å²) >= 11 is 0. The van der Waals surface area contributed by atoms with Gasteiger partial charge in [-0.05, 0) is 18.9 Å². The Morgan fingerprint density at radius 3 is 2.38 bits per heavy atom. The average molecular weight is 220 g/mol. The third-order valence-electron chi connectivity index (χ3n) is 2.84. The molecule has 0 amide bonds. The van der Waals surface area contributed by atoms with Crippen LogP contribution in [0.1, 0.15) is 45.1 Å². The highest BCUT2D eigenvalue weighted by Gasteiger charge is 2.20. The summed E-state index contributed by atoms with van der Waals surface area (Å²) in [5.74, 6) is 0.165. The van der Waals surface area contributed by atoms with E-state index in [-0.39, 0.29) is 18.0 Å². The van der Waals surface area contributed by atoms with Gasteiger partial charge in [0.25, 0.3) is 0 Å². The van der Waals surface area contributed by atoms with E-state index >= 15 is 0 Å². The summed E-state index contributed by atoms with van der Waals surface area (Å²) in [6.07, 6.45) is 1.36. The van der Waals surface area contributed by atoms with E-state index in [0.717, 1.165) is 6.42 Å². The fourth-order valence-electron chi connectivity index (χ4n) is 1.91. The van der Waals surface area contributed by atoms with Crippen molar-refractivity contribution in [1.82, 2.24) is 0 Å². The maximum atomic E-state index is 11.3. The Balaban J connectivity index is 2.71. The van der Waals surface area contributed by atoms with Gasteiger partial charge in [-0.25, -0.2) is 0 Å². The van der Waals surface area contributed by atoms with Gasteiger partial charge in [-0.1, -0.05) is 44.2 Å². The normalized spacial score (nSPS) is 14.2. The molecule has 2 atom stereocenters. The lowest BCUT2D eigenvalue weighted by Crippen LogP contribution is -2.21. The Bertz CT molecular complexity index is 319. The number of hydrogen-bond donors (Lipinski definition) is 0. The van der Waals surface area contributed by atoms with Crippen LogP contribution in [0.15, 0.2) is 30.3 Å². The van der Waals surface area contributed by atoms with Crippen LogP contribution in [0.3, 0.4) is 0 Å². The van der Waals surface area contributed by atoms with Crippen molar-refractivity contribution in [3.8, 4) is 0 Å². The molecule has 0 bridgehead atoms.